The number of carbonyl (C=O) groups is 2. The van der Waals surface area contributed by atoms with E-state index in [1.54, 1.807) is 47.6 Å². The van der Waals surface area contributed by atoms with Crippen molar-refractivity contribution in [3.05, 3.63) is 73.9 Å². The fourth-order valence-corrected chi connectivity index (χ4v) is 4.93. The molecular weight excluding hydrogens is 497 g/mol. The van der Waals surface area contributed by atoms with Crippen molar-refractivity contribution in [1.82, 2.24) is 25.1 Å². The zero-order valence-corrected chi connectivity index (χ0v) is 20.8. The SMILES string of the molecule is COc1cccnc1C(=O)N1CCN(Cc2ncc(C(=O)NCc3ccc(Cl)cc3Cl)s2)CC1. The number of hydrogen-bond acceptors (Lipinski definition) is 7. The number of piperazine rings is 1. The number of methoxy groups -OCH3 is 1. The number of carbonyl (C=O) groups excluding carboxylic acids is 2. The van der Waals surface area contributed by atoms with Gasteiger partial charge in [-0.2, -0.15) is 0 Å². The van der Waals surface area contributed by atoms with Crippen LogP contribution in [0.15, 0.2) is 42.7 Å². The topological polar surface area (TPSA) is 87.7 Å². The molecule has 34 heavy (non-hydrogen) atoms. The number of nitrogens with one attached hydrogen (secondary N) is 1. The first-order valence-corrected chi connectivity index (χ1v) is 12.2. The molecule has 1 fully saturated rings. The Kier molecular flexibility index (Phi) is 7.99. The predicted molar refractivity (Wildman–Crippen MR) is 132 cm³/mol. The van der Waals surface area contributed by atoms with Crippen molar-refractivity contribution in [2.75, 3.05) is 33.3 Å². The highest BCUT2D eigenvalue weighted by Gasteiger charge is 2.25. The summed E-state index contributed by atoms with van der Waals surface area (Å²) in [5.74, 6) is 0.141. The van der Waals surface area contributed by atoms with E-state index < -0.39 is 0 Å². The molecule has 3 heterocycles. The molecule has 3 aromatic rings. The summed E-state index contributed by atoms with van der Waals surface area (Å²) in [5, 5.41) is 4.77. The van der Waals surface area contributed by atoms with E-state index in [4.69, 9.17) is 27.9 Å². The van der Waals surface area contributed by atoms with Crippen LogP contribution in [0.4, 0.5) is 0 Å². The zero-order valence-electron chi connectivity index (χ0n) is 18.5. The van der Waals surface area contributed by atoms with Gasteiger partial charge >= 0.3 is 0 Å². The van der Waals surface area contributed by atoms with Gasteiger partial charge in [-0.3, -0.25) is 14.5 Å². The van der Waals surface area contributed by atoms with Gasteiger partial charge in [-0.15, -0.1) is 11.3 Å². The molecule has 0 radical (unpaired) electrons. The maximum atomic E-state index is 12.8. The van der Waals surface area contributed by atoms with Gasteiger partial charge in [0.2, 0.25) is 0 Å². The van der Waals surface area contributed by atoms with Crippen molar-refractivity contribution < 1.29 is 14.3 Å². The summed E-state index contributed by atoms with van der Waals surface area (Å²) in [5.41, 5.74) is 1.12. The molecule has 4 rings (SSSR count). The van der Waals surface area contributed by atoms with Crippen LogP contribution in [0.5, 0.6) is 5.75 Å². The number of pyridine rings is 1. The molecule has 11 heteroatoms. The molecule has 1 N–H and O–H groups in total. The van der Waals surface area contributed by atoms with Gasteiger partial charge in [0.1, 0.15) is 15.6 Å². The lowest BCUT2D eigenvalue weighted by Gasteiger charge is -2.34. The molecule has 0 saturated carbocycles. The van der Waals surface area contributed by atoms with Crippen LogP contribution in [0.25, 0.3) is 0 Å². The van der Waals surface area contributed by atoms with Crippen molar-refractivity contribution in [3.8, 4) is 5.75 Å². The lowest BCUT2D eigenvalue weighted by Crippen LogP contribution is -2.48. The average molecular weight is 520 g/mol. The minimum Gasteiger partial charge on any atom is -0.494 e. The van der Waals surface area contributed by atoms with Crippen LogP contribution in [-0.2, 0) is 13.1 Å². The van der Waals surface area contributed by atoms with Crippen molar-refractivity contribution in [1.29, 1.82) is 0 Å². The molecule has 0 unspecified atom stereocenters. The molecule has 0 atom stereocenters. The van der Waals surface area contributed by atoms with Crippen LogP contribution in [0.2, 0.25) is 10.0 Å². The van der Waals surface area contributed by atoms with E-state index in [1.807, 2.05) is 0 Å². The Bertz CT molecular complexity index is 1180. The van der Waals surface area contributed by atoms with E-state index in [9.17, 15) is 9.59 Å². The number of nitrogens with zero attached hydrogens (tertiary/aromatic N) is 4. The third-order valence-electron chi connectivity index (χ3n) is 5.44. The highest BCUT2D eigenvalue weighted by molar-refractivity contribution is 7.13. The minimum absolute atomic E-state index is 0.133. The molecular formula is C23H23Cl2N5O3S. The average Bonchev–Trinajstić information content (AvgIpc) is 3.32. The van der Waals surface area contributed by atoms with E-state index in [0.29, 0.717) is 65.6 Å². The van der Waals surface area contributed by atoms with E-state index in [0.717, 1.165) is 10.6 Å². The van der Waals surface area contributed by atoms with Gasteiger partial charge in [0.15, 0.2) is 5.69 Å². The Labute approximate surface area is 211 Å². The fraction of sp³-hybridized carbons (Fsp3) is 0.304. The van der Waals surface area contributed by atoms with Crippen LogP contribution in [0.1, 0.15) is 30.7 Å². The maximum Gasteiger partial charge on any atom is 0.276 e. The van der Waals surface area contributed by atoms with E-state index >= 15 is 0 Å². The van der Waals surface area contributed by atoms with Crippen LogP contribution < -0.4 is 10.1 Å². The molecule has 0 spiro atoms. The fourth-order valence-electron chi connectivity index (χ4n) is 3.58. The molecule has 1 aliphatic rings. The first-order chi connectivity index (χ1) is 16.4. The second-order valence-electron chi connectivity index (χ2n) is 7.66. The molecule has 0 bridgehead atoms. The summed E-state index contributed by atoms with van der Waals surface area (Å²) in [6.45, 7) is 3.50. The van der Waals surface area contributed by atoms with E-state index in [-0.39, 0.29) is 11.8 Å². The lowest BCUT2D eigenvalue weighted by atomic mass is 10.2. The third-order valence-corrected chi connectivity index (χ3v) is 7.01. The predicted octanol–water partition coefficient (Wildman–Crippen LogP) is 3.74. The Morgan fingerprint density at radius 2 is 1.94 bits per heavy atom. The molecule has 178 valence electrons. The summed E-state index contributed by atoms with van der Waals surface area (Å²) in [6, 6.07) is 8.65. The number of hydrogen-bond donors (Lipinski definition) is 1. The van der Waals surface area contributed by atoms with Gasteiger partial charge in [0.25, 0.3) is 11.8 Å². The van der Waals surface area contributed by atoms with Gasteiger partial charge in [0.05, 0.1) is 19.9 Å². The van der Waals surface area contributed by atoms with Crippen molar-refractivity contribution in [2.24, 2.45) is 0 Å². The zero-order chi connectivity index (χ0) is 24.1. The first-order valence-electron chi connectivity index (χ1n) is 10.6. The standard InChI is InChI=1S/C23H23Cl2N5O3S/c1-33-18-3-2-6-26-21(18)23(32)30-9-7-29(8-10-30)14-20-27-13-19(34-20)22(31)28-12-15-4-5-16(24)11-17(15)25/h2-6,11,13H,7-10,12,14H2,1H3,(H,28,31). The first kappa shape index (κ1) is 24.4. The van der Waals surface area contributed by atoms with Gasteiger partial charge in [-0.05, 0) is 29.8 Å². The summed E-state index contributed by atoms with van der Waals surface area (Å²) >= 11 is 13.4. The number of ether oxygens (including phenoxy) is 1. The van der Waals surface area contributed by atoms with Gasteiger partial charge in [-0.1, -0.05) is 29.3 Å². The van der Waals surface area contributed by atoms with Crippen LogP contribution in [0, 0.1) is 0 Å². The molecule has 1 saturated heterocycles. The summed E-state index contributed by atoms with van der Waals surface area (Å²) < 4.78 is 5.26. The van der Waals surface area contributed by atoms with Crippen molar-refractivity contribution in [2.45, 2.75) is 13.1 Å². The second-order valence-corrected chi connectivity index (χ2v) is 9.62. The Hall–Kier alpha value is -2.72. The number of halogens is 2. The normalized spacial score (nSPS) is 14.1. The Balaban J connectivity index is 1.27. The van der Waals surface area contributed by atoms with E-state index in [1.165, 1.54) is 18.4 Å². The molecule has 8 nitrogen and oxygen atoms in total. The largest absolute Gasteiger partial charge is 0.494 e. The summed E-state index contributed by atoms with van der Waals surface area (Å²) in [6.07, 6.45) is 3.18. The highest BCUT2D eigenvalue weighted by Crippen LogP contribution is 2.22. The molecule has 2 amide bonds. The number of amides is 2. The Morgan fingerprint density at radius 1 is 1.15 bits per heavy atom. The van der Waals surface area contributed by atoms with Gasteiger partial charge in [0, 0.05) is 49.0 Å². The summed E-state index contributed by atoms with van der Waals surface area (Å²) in [4.78, 5) is 38.5. The quantitative estimate of drug-likeness (QED) is 0.511. The Morgan fingerprint density at radius 3 is 2.68 bits per heavy atom. The van der Waals surface area contributed by atoms with Gasteiger partial charge < -0.3 is 15.0 Å². The van der Waals surface area contributed by atoms with Gasteiger partial charge in [-0.25, -0.2) is 9.97 Å². The number of aromatic nitrogens is 2. The third kappa shape index (κ3) is 5.85. The van der Waals surface area contributed by atoms with Crippen LogP contribution >= 0.6 is 34.5 Å². The molecule has 0 aliphatic carbocycles. The molecule has 1 aliphatic heterocycles. The molecule has 2 aromatic heterocycles. The maximum absolute atomic E-state index is 12.8. The van der Waals surface area contributed by atoms with Crippen molar-refractivity contribution in [3.63, 3.8) is 0 Å². The number of rotatable bonds is 7. The monoisotopic (exact) mass is 519 g/mol. The molecule has 1 aromatic carbocycles. The lowest BCUT2D eigenvalue weighted by molar-refractivity contribution is 0.0619. The number of benzene rings is 1. The second kappa shape index (κ2) is 11.1. The van der Waals surface area contributed by atoms with Crippen molar-refractivity contribution >= 4 is 46.4 Å². The van der Waals surface area contributed by atoms with Crippen LogP contribution in [0.3, 0.4) is 0 Å². The number of thiazole rings is 1. The summed E-state index contributed by atoms with van der Waals surface area (Å²) in [7, 11) is 1.53. The van der Waals surface area contributed by atoms with Crippen LogP contribution in [-0.4, -0.2) is 64.9 Å². The van der Waals surface area contributed by atoms with E-state index in [2.05, 4.69) is 20.2 Å². The smallest absolute Gasteiger partial charge is 0.276 e. The highest BCUT2D eigenvalue weighted by atomic mass is 35.5. The minimum atomic E-state index is -0.200.